The number of benzene rings is 1. The molecule has 6 heteroatoms. The maximum absolute atomic E-state index is 12.5. The highest BCUT2D eigenvalue weighted by Gasteiger charge is 2.37. The van der Waals surface area contributed by atoms with Gasteiger partial charge < -0.3 is 5.73 Å². The Hall–Kier alpha value is -1.33. The highest BCUT2D eigenvalue weighted by Crippen LogP contribution is 2.29. The van der Waals surface area contributed by atoms with Crippen molar-refractivity contribution in [1.29, 1.82) is 0 Å². The standard InChI is InChI=1S/C12H10ClF3N2/c13-9-4-3-7-2-1-5-18-11(7)8(9)6-10(17)12(14,15)16/h1-5,10H,6,17H2. The number of hydrogen-bond donors (Lipinski definition) is 1. The summed E-state index contributed by atoms with van der Waals surface area (Å²) in [5.41, 5.74) is 5.93. The van der Waals surface area contributed by atoms with Crippen LogP contribution in [0.4, 0.5) is 13.2 Å². The molecule has 18 heavy (non-hydrogen) atoms. The van der Waals surface area contributed by atoms with Crippen LogP contribution in [0.15, 0.2) is 30.5 Å². The Kier molecular flexibility index (Phi) is 3.45. The van der Waals surface area contributed by atoms with Crippen molar-refractivity contribution in [2.45, 2.75) is 18.6 Å². The van der Waals surface area contributed by atoms with Gasteiger partial charge in [-0.25, -0.2) is 0 Å². The summed E-state index contributed by atoms with van der Waals surface area (Å²) in [5, 5.41) is 0.993. The van der Waals surface area contributed by atoms with Gasteiger partial charge in [0.2, 0.25) is 0 Å². The Bertz CT molecular complexity index is 569. The number of alkyl halides is 3. The van der Waals surface area contributed by atoms with E-state index in [1.54, 1.807) is 24.3 Å². The van der Waals surface area contributed by atoms with E-state index in [2.05, 4.69) is 4.98 Å². The first kappa shape index (κ1) is 13.1. The molecule has 2 rings (SSSR count). The Morgan fingerprint density at radius 2 is 2.00 bits per heavy atom. The van der Waals surface area contributed by atoms with Gasteiger partial charge in [0.15, 0.2) is 0 Å². The first-order valence-corrected chi connectivity index (χ1v) is 5.62. The van der Waals surface area contributed by atoms with Crippen LogP contribution >= 0.6 is 11.6 Å². The van der Waals surface area contributed by atoms with Crippen molar-refractivity contribution < 1.29 is 13.2 Å². The monoisotopic (exact) mass is 274 g/mol. The molecule has 1 atom stereocenters. The number of aromatic nitrogens is 1. The molecule has 0 aliphatic carbocycles. The quantitative estimate of drug-likeness (QED) is 0.912. The van der Waals surface area contributed by atoms with Crippen molar-refractivity contribution in [2.24, 2.45) is 5.73 Å². The first-order valence-electron chi connectivity index (χ1n) is 5.24. The second-order valence-corrected chi connectivity index (χ2v) is 4.36. The van der Waals surface area contributed by atoms with Crippen LogP contribution < -0.4 is 5.73 Å². The third kappa shape index (κ3) is 2.57. The second kappa shape index (κ2) is 4.74. The number of fused-ring (bicyclic) bond motifs is 1. The maximum Gasteiger partial charge on any atom is 0.403 e. The van der Waals surface area contributed by atoms with Crippen LogP contribution in [0.1, 0.15) is 5.56 Å². The second-order valence-electron chi connectivity index (χ2n) is 3.95. The van der Waals surface area contributed by atoms with Crippen LogP contribution in [-0.4, -0.2) is 17.2 Å². The van der Waals surface area contributed by atoms with E-state index in [9.17, 15) is 13.2 Å². The molecule has 0 saturated heterocycles. The van der Waals surface area contributed by atoms with Gasteiger partial charge in [0, 0.05) is 16.6 Å². The van der Waals surface area contributed by atoms with Crippen LogP contribution in [0, 0.1) is 0 Å². The molecule has 1 unspecified atom stereocenters. The Morgan fingerprint density at radius 3 is 2.67 bits per heavy atom. The Morgan fingerprint density at radius 1 is 1.28 bits per heavy atom. The molecule has 1 heterocycles. The lowest BCUT2D eigenvalue weighted by atomic mass is 10.0. The molecule has 0 radical (unpaired) electrons. The molecule has 1 aromatic carbocycles. The van der Waals surface area contributed by atoms with E-state index in [-0.39, 0.29) is 11.4 Å². The van der Waals surface area contributed by atoms with E-state index >= 15 is 0 Å². The molecule has 0 aliphatic heterocycles. The molecule has 0 bridgehead atoms. The summed E-state index contributed by atoms with van der Waals surface area (Å²) < 4.78 is 37.4. The average Bonchev–Trinajstić information content (AvgIpc) is 2.31. The zero-order valence-electron chi connectivity index (χ0n) is 9.21. The van der Waals surface area contributed by atoms with Crippen molar-refractivity contribution in [3.05, 3.63) is 41.0 Å². The first-order chi connectivity index (χ1) is 8.39. The molecule has 0 fully saturated rings. The van der Waals surface area contributed by atoms with Crippen LogP contribution in [0.25, 0.3) is 10.9 Å². The van der Waals surface area contributed by atoms with E-state index in [1.807, 2.05) is 0 Å². The smallest absolute Gasteiger partial charge is 0.320 e. The molecule has 0 spiro atoms. The van der Waals surface area contributed by atoms with Gasteiger partial charge in [0.05, 0.1) is 5.52 Å². The van der Waals surface area contributed by atoms with Crippen LogP contribution in [-0.2, 0) is 6.42 Å². The summed E-state index contributed by atoms with van der Waals surface area (Å²) in [5.74, 6) is 0. The summed E-state index contributed by atoms with van der Waals surface area (Å²) in [6, 6.07) is 4.81. The summed E-state index contributed by atoms with van der Waals surface area (Å²) in [4.78, 5) is 4.07. The maximum atomic E-state index is 12.5. The lowest BCUT2D eigenvalue weighted by Crippen LogP contribution is -2.39. The summed E-state index contributed by atoms with van der Waals surface area (Å²) >= 11 is 5.93. The molecular formula is C12H10ClF3N2. The van der Waals surface area contributed by atoms with Gasteiger partial charge in [-0.3, -0.25) is 4.98 Å². The van der Waals surface area contributed by atoms with Gasteiger partial charge in [0.25, 0.3) is 0 Å². The predicted molar refractivity (Wildman–Crippen MR) is 64.5 cm³/mol. The van der Waals surface area contributed by atoms with Crippen LogP contribution in [0.5, 0.6) is 0 Å². The van der Waals surface area contributed by atoms with Gasteiger partial charge in [-0.2, -0.15) is 13.2 Å². The summed E-state index contributed by atoms with van der Waals surface area (Å²) in [6.45, 7) is 0. The van der Waals surface area contributed by atoms with E-state index < -0.39 is 12.2 Å². The fourth-order valence-corrected chi connectivity index (χ4v) is 1.94. The zero-order chi connectivity index (χ0) is 13.3. The van der Waals surface area contributed by atoms with E-state index in [0.29, 0.717) is 11.1 Å². The van der Waals surface area contributed by atoms with Gasteiger partial charge in [-0.15, -0.1) is 0 Å². The summed E-state index contributed by atoms with van der Waals surface area (Å²) in [6.07, 6.45) is -3.31. The number of rotatable bonds is 2. The van der Waals surface area contributed by atoms with Gasteiger partial charge >= 0.3 is 6.18 Å². The fourth-order valence-electron chi connectivity index (χ4n) is 1.71. The Labute approximate surface area is 107 Å². The third-order valence-electron chi connectivity index (χ3n) is 2.67. The van der Waals surface area contributed by atoms with E-state index in [1.165, 1.54) is 6.20 Å². The molecule has 96 valence electrons. The molecule has 1 aromatic heterocycles. The number of hydrogen-bond acceptors (Lipinski definition) is 2. The highest BCUT2D eigenvalue weighted by molar-refractivity contribution is 6.32. The molecule has 0 amide bonds. The lowest BCUT2D eigenvalue weighted by Gasteiger charge is -2.17. The van der Waals surface area contributed by atoms with Crippen molar-refractivity contribution in [3.63, 3.8) is 0 Å². The van der Waals surface area contributed by atoms with Crippen molar-refractivity contribution in [2.75, 3.05) is 0 Å². The van der Waals surface area contributed by atoms with Gasteiger partial charge in [-0.05, 0) is 24.1 Å². The number of halogens is 4. The van der Waals surface area contributed by atoms with Crippen molar-refractivity contribution in [1.82, 2.24) is 4.98 Å². The number of pyridine rings is 1. The fraction of sp³-hybridized carbons (Fsp3) is 0.250. The molecule has 2 nitrogen and oxygen atoms in total. The van der Waals surface area contributed by atoms with Gasteiger partial charge in [-0.1, -0.05) is 23.7 Å². The average molecular weight is 275 g/mol. The minimum Gasteiger partial charge on any atom is -0.320 e. The normalized spacial score (nSPS) is 13.8. The van der Waals surface area contributed by atoms with Gasteiger partial charge in [0.1, 0.15) is 6.04 Å². The third-order valence-corrected chi connectivity index (χ3v) is 3.02. The summed E-state index contributed by atoms with van der Waals surface area (Å²) in [7, 11) is 0. The molecule has 0 aliphatic rings. The topological polar surface area (TPSA) is 38.9 Å². The molecular weight excluding hydrogens is 265 g/mol. The van der Waals surface area contributed by atoms with E-state index in [4.69, 9.17) is 17.3 Å². The van der Waals surface area contributed by atoms with Crippen LogP contribution in [0.3, 0.4) is 0 Å². The Balaban J connectivity index is 2.47. The van der Waals surface area contributed by atoms with E-state index in [0.717, 1.165) is 5.39 Å². The zero-order valence-corrected chi connectivity index (χ0v) is 9.96. The highest BCUT2D eigenvalue weighted by atomic mass is 35.5. The predicted octanol–water partition coefficient (Wildman–Crippen LogP) is 3.32. The largest absolute Gasteiger partial charge is 0.403 e. The molecule has 0 saturated carbocycles. The molecule has 2 N–H and O–H groups in total. The number of nitrogens with two attached hydrogens (primary N) is 1. The SMILES string of the molecule is NC(Cc1c(Cl)ccc2cccnc12)C(F)(F)F. The minimum absolute atomic E-state index is 0.251. The van der Waals surface area contributed by atoms with Crippen molar-refractivity contribution in [3.8, 4) is 0 Å². The van der Waals surface area contributed by atoms with Crippen molar-refractivity contribution >= 4 is 22.5 Å². The molecule has 2 aromatic rings. The van der Waals surface area contributed by atoms with Crippen LogP contribution in [0.2, 0.25) is 5.02 Å². The number of nitrogens with zero attached hydrogens (tertiary/aromatic N) is 1. The minimum atomic E-state index is -4.44. The lowest BCUT2D eigenvalue weighted by molar-refractivity contribution is -0.147.